The summed E-state index contributed by atoms with van der Waals surface area (Å²) in [6.45, 7) is 11.3. The van der Waals surface area contributed by atoms with Gasteiger partial charge in [-0.25, -0.2) is 0 Å². The Morgan fingerprint density at radius 2 is 1.68 bits per heavy atom. The Morgan fingerprint density at radius 3 is 2.21 bits per heavy atom. The third-order valence-corrected chi connectivity index (χ3v) is 4.01. The molecule has 0 amide bonds. The van der Waals surface area contributed by atoms with E-state index in [1.807, 2.05) is 0 Å². The van der Waals surface area contributed by atoms with Crippen molar-refractivity contribution in [3.8, 4) is 11.3 Å². The van der Waals surface area contributed by atoms with E-state index < -0.39 is 0 Å². The van der Waals surface area contributed by atoms with Gasteiger partial charge in [0, 0.05) is 31.6 Å². The zero-order valence-corrected chi connectivity index (χ0v) is 19.6. The summed E-state index contributed by atoms with van der Waals surface area (Å²) >= 11 is 0. The number of aryl methyl sites for hydroxylation is 4. The Bertz CT molecular complexity index is 998. The van der Waals surface area contributed by atoms with E-state index in [9.17, 15) is 4.79 Å². The Morgan fingerprint density at radius 1 is 1.00 bits per heavy atom. The number of rotatable bonds is 2. The second-order valence-corrected chi connectivity index (χ2v) is 7.00. The van der Waals surface area contributed by atoms with Crippen LogP contribution >= 0.6 is 0 Å². The van der Waals surface area contributed by atoms with E-state index in [1.165, 1.54) is 42.0 Å². The maximum Gasteiger partial charge on any atom is 0.155 e. The van der Waals surface area contributed by atoms with Crippen molar-refractivity contribution in [3.05, 3.63) is 76.6 Å². The van der Waals surface area contributed by atoms with Crippen LogP contribution < -0.4 is 0 Å². The number of aliphatic hydroxyl groups is 1. The molecule has 149 valence electrons. The van der Waals surface area contributed by atoms with Gasteiger partial charge in [-0.3, -0.25) is 9.78 Å². The molecule has 1 radical (unpaired) electrons. The van der Waals surface area contributed by atoms with E-state index >= 15 is 0 Å². The molecule has 3 rings (SSSR count). The first-order valence-electron chi connectivity index (χ1n) is 8.92. The van der Waals surface area contributed by atoms with Crippen LogP contribution in [0.3, 0.4) is 0 Å². The van der Waals surface area contributed by atoms with Gasteiger partial charge in [0.25, 0.3) is 0 Å². The quantitative estimate of drug-likeness (QED) is 0.242. The molecule has 1 aromatic heterocycles. The van der Waals surface area contributed by atoms with Crippen LogP contribution in [0.4, 0.5) is 0 Å². The second kappa shape index (κ2) is 10.3. The molecule has 1 heterocycles. The average Bonchev–Trinajstić information content (AvgIpc) is 2.53. The third-order valence-electron chi connectivity index (χ3n) is 4.01. The average molecular weight is 553 g/mol. The standard InChI is InChI=1S/C19H18N.C5H8O2.Ir/c1-12-5-6-18-17(10-12)15(4)11-19(20-18)16-8-13(2)7-14(3)9-16;1-4(6)3-5(2)7;/h5-8,10-11H,1-4H3;3,6H,1-2H3;/q-1;;/b;4-3-;. The van der Waals surface area contributed by atoms with Crippen LogP contribution in [-0.2, 0) is 24.9 Å². The molecule has 0 saturated heterocycles. The first kappa shape index (κ1) is 23.7. The minimum absolute atomic E-state index is 0. The Labute approximate surface area is 180 Å². The fourth-order valence-corrected chi connectivity index (χ4v) is 2.97. The van der Waals surface area contributed by atoms with E-state index in [1.54, 1.807) is 0 Å². The number of hydrogen-bond donors (Lipinski definition) is 1. The minimum Gasteiger partial charge on any atom is -0.512 e. The Kier molecular flexibility index (Phi) is 8.74. The number of benzene rings is 2. The number of ketones is 1. The van der Waals surface area contributed by atoms with Crippen molar-refractivity contribution in [1.82, 2.24) is 4.98 Å². The topological polar surface area (TPSA) is 50.2 Å². The number of pyridine rings is 1. The van der Waals surface area contributed by atoms with Crippen LogP contribution in [0, 0.1) is 33.8 Å². The number of aliphatic hydroxyl groups excluding tert-OH is 1. The molecule has 0 aliphatic rings. The van der Waals surface area contributed by atoms with Gasteiger partial charge in [-0.05, 0) is 51.1 Å². The molecule has 0 unspecified atom stereocenters. The van der Waals surface area contributed by atoms with Crippen molar-refractivity contribution >= 4 is 16.7 Å². The van der Waals surface area contributed by atoms with Crippen molar-refractivity contribution < 1.29 is 30.0 Å². The van der Waals surface area contributed by atoms with Gasteiger partial charge in [0.15, 0.2) is 5.78 Å². The summed E-state index contributed by atoms with van der Waals surface area (Å²) in [5.74, 6) is -0.0625. The molecule has 0 fully saturated rings. The molecule has 0 aliphatic carbocycles. The van der Waals surface area contributed by atoms with E-state index in [4.69, 9.17) is 10.1 Å². The molecule has 3 nitrogen and oxygen atoms in total. The fourth-order valence-electron chi connectivity index (χ4n) is 2.97. The summed E-state index contributed by atoms with van der Waals surface area (Å²) in [7, 11) is 0. The zero-order chi connectivity index (χ0) is 20.1. The first-order chi connectivity index (χ1) is 12.7. The molecular weight excluding hydrogens is 526 g/mol. The molecule has 0 saturated carbocycles. The largest absolute Gasteiger partial charge is 0.512 e. The van der Waals surface area contributed by atoms with Gasteiger partial charge in [0.1, 0.15) is 0 Å². The van der Waals surface area contributed by atoms with Crippen LogP contribution in [0.1, 0.15) is 36.1 Å². The third kappa shape index (κ3) is 6.70. The summed E-state index contributed by atoms with van der Waals surface area (Å²) in [4.78, 5) is 14.8. The van der Waals surface area contributed by atoms with Crippen LogP contribution in [0.5, 0.6) is 0 Å². The Hall–Kier alpha value is -2.29. The molecule has 0 atom stereocenters. The predicted molar refractivity (Wildman–Crippen MR) is 112 cm³/mol. The van der Waals surface area contributed by atoms with Crippen molar-refractivity contribution in [2.45, 2.75) is 41.5 Å². The van der Waals surface area contributed by atoms with Crippen molar-refractivity contribution in [2.75, 3.05) is 0 Å². The number of hydrogen-bond acceptors (Lipinski definition) is 3. The van der Waals surface area contributed by atoms with Gasteiger partial charge in [-0.2, -0.15) is 0 Å². The molecular formula is C24H26IrNO2-. The van der Waals surface area contributed by atoms with E-state index in [0.717, 1.165) is 22.3 Å². The molecule has 4 heteroatoms. The van der Waals surface area contributed by atoms with Gasteiger partial charge >= 0.3 is 0 Å². The van der Waals surface area contributed by atoms with E-state index in [2.05, 4.69) is 70.2 Å². The maximum absolute atomic E-state index is 10.0. The van der Waals surface area contributed by atoms with Crippen LogP contribution in [-0.4, -0.2) is 15.9 Å². The van der Waals surface area contributed by atoms with E-state index in [-0.39, 0.29) is 31.6 Å². The van der Waals surface area contributed by atoms with Gasteiger partial charge in [-0.1, -0.05) is 31.5 Å². The maximum atomic E-state index is 10.0. The van der Waals surface area contributed by atoms with Gasteiger partial charge in [0.05, 0.1) is 11.3 Å². The summed E-state index contributed by atoms with van der Waals surface area (Å²) in [6, 6.07) is 16.3. The second-order valence-electron chi connectivity index (χ2n) is 7.00. The monoisotopic (exact) mass is 553 g/mol. The van der Waals surface area contributed by atoms with Crippen LogP contribution in [0.15, 0.2) is 48.2 Å². The molecule has 0 bridgehead atoms. The van der Waals surface area contributed by atoms with Crippen molar-refractivity contribution in [2.24, 2.45) is 0 Å². The van der Waals surface area contributed by atoms with E-state index in [0.29, 0.717) is 0 Å². The molecule has 28 heavy (non-hydrogen) atoms. The van der Waals surface area contributed by atoms with Crippen molar-refractivity contribution in [3.63, 3.8) is 0 Å². The predicted octanol–water partition coefficient (Wildman–Crippen LogP) is 5.97. The molecule has 0 spiro atoms. The molecule has 1 N–H and O–H groups in total. The van der Waals surface area contributed by atoms with Crippen LogP contribution in [0.2, 0.25) is 0 Å². The van der Waals surface area contributed by atoms with Gasteiger partial charge in [0.2, 0.25) is 0 Å². The number of allylic oxidation sites excluding steroid dienone is 2. The number of carbonyl (C=O) groups excluding carboxylic acids is 1. The number of nitrogens with zero attached hydrogens (tertiary/aromatic N) is 1. The van der Waals surface area contributed by atoms with Crippen molar-refractivity contribution in [1.29, 1.82) is 0 Å². The van der Waals surface area contributed by atoms with Gasteiger partial charge < -0.3 is 5.11 Å². The summed E-state index contributed by atoms with van der Waals surface area (Å²) in [5.41, 5.74) is 8.08. The number of carbonyl (C=O) groups is 1. The first-order valence-corrected chi connectivity index (χ1v) is 8.92. The summed E-state index contributed by atoms with van der Waals surface area (Å²) in [6.07, 6.45) is 1.17. The zero-order valence-electron chi connectivity index (χ0n) is 17.2. The normalized spacial score (nSPS) is 10.7. The summed E-state index contributed by atoms with van der Waals surface area (Å²) < 4.78 is 0. The van der Waals surface area contributed by atoms with Gasteiger partial charge in [-0.15, -0.1) is 34.9 Å². The SMILES string of the molecule is CC(=O)/C=C(/C)O.Cc1[c-]c(-c2cc(C)c3cc(C)ccc3n2)cc(C)c1.[Ir]. The molecule has 2 aromatic carbocycles. The summed E-state index contributed by atoms with van der Waals surface area (Å²) in [5, 5.41) is 9.60. The smallest absolute Gasteiger partial charge is 0.155 e. The number of aromatic nitrogens is 1. The fraction of sp³-hybridized carbons (Fsp3) is 0.250. The van der Waals surface area contributed by atoms with Crippen LogP contribution in [0.25, 0.3) is 22.2 Å². The minimum atomic E-state index is -0.125. The molecule has 3 aromatic rings. The number of fused-ring (bicyclic) bond motifs is 1. The Balaban J connectivity index is 0.000000425. The molecule has 0 aliphatic heterocycles.